The maximum absolute atomic E-state index is 13.3. The van der Waals surface area contributed by atoms with Crippen molar-refractivity contribution in [3.63, 3.8) is 0 Å². The first-order valence-electron chi connectivity index (χ1n) is 5.28. The Morgan fingerprint density at radius 3 is 2.22 bits per heavy atom. The van der Waals surface area contributed by atoms with Crippen LogP contribution >= 0.6 is 15.9 Å². The van der Waals surface area contributed by atoms with Gasteiger partial charge in [0.1, 0.15) is 11.6 Å². The second-order valence-corrected chi connectivity index (χ2v) is 4.67. The molecule has 0 bridgehead atoms. The van der Waals surface area contributed by atoms with E-state index in [-0.39, 0.29) is 11.6 Å². The fraction of sp³-hybridized carbons (Fsp3) is 0.0769. The summed E-state index contributed by atoms with van der Waals surface area (Å²) in [6.45, 7) is 0. The molecule has 0 heterocycles. The highest BCUT2D eigenvalue weighted by Gasteiger charge is 2.16. The number of nitrogens with one attached hydrogen (secondary N) is 1. The maximum Gasteiger partial charge on any atom is 0.123 e. The first-order chi connectivity index (χ1) is 8.61. The minimum absolute atomic E-state index is 0.326. The standard InChI is InChI=1S/C13H11BrF2N2/c14-12-6-5-10(16)7-11(12)13(18-17)8-1-3-9(15)4-2-8/h1-7,13,18H,17H2. The van der Waals surface area contributed by atoms with Gasteiger partial charge >= 0.3 is 0 Å². The van der Waals surface area contributed by atoms with E-state index in [0.29, 0.717) is 5.56 Å². The lowest BCUT2D eigenvalue weighted by Gasteiger charge is -2.18. The minimum atomic E-state index is -0.407. The van der Waals surface area contributed by atoms with Crippen molar-refractivity contribution < 1.29 is 8.78 Å². The predicted molar refractivity (Wildman–Crippen MR) is 69.7 cm³/mol. The zero-order chi connectivity index (χ0) is 13.1. The Bertz CT molecular complexity index is 543. The van der Waals surface area contributed by atoms with E-state index < -0.39 is 6.04 Å². The fourth-order valence-corrected chi connectivity index (χ4v) is 2.23. The summed E-state index contributed by atoms with van der Waals surface area (Å²) in [5, 5.41) is 0. The van der Waals surface area contributed by atoms with Crippen LogP contribution < -0.4 is 11.3 Å². The second kappa shape index (κ2) is 5.56. The Morgan fingerprint density at radius 1 is 1.00 bits per heavy atom. The lowest BCUT2D eigenvalue weighted by atomic mass is 9.99. The molecule has 2 aromatic carbocycles. The molecule has 0 saturated carbocycles. The molecule has 2 rings (SSSR count). The van der Waals surface area contributed by atoms with Crippen LogP contribution in [0.5, 0.6) is 0 Å². The van der Waals surface area contributed by atoms with Gasteiger partial charge in [0.15, 0.2) is 0 Å². The molecule has 18 heavy (non-hydrogen) atoms. The minimum Gasteiger partial charge on any atom is -0.271 e. The van der Waals surface area contributed by atoms with Gasteiger partial charge in [0, 0.05) is 4.47 Å². The van der Waals surface area contributed by atoms with Crippen molar-refractivity contribution in [3.8, 4) is 0 Å². The molecule has 0 saturated heterocycles. The molecule has 1 atom stereocenters. The van der Waals surface area contributed by atoms with Crippen molar-refractivity contribution in [2.45, 2.75) is 6.04 Å². The summed E-state index contributed by atoms with van der Waals surface area (Å²) in [6, 6.07) is 9.84. The summed E-state index contributed by atoms with van der Waals surface area (Å²) >= 11 is 3.35. The van der Waals surface area contributed by atoms with Gasteiger partial charge < -0.3 is 0 Å². The number of hydrogen-bond acceptors (Lipinski definition) is 2. The van der Waals surface area contributed by atoms with Crippen molar-refractivity contribution in [1.82, 2.24) is 5.43 Å². The monoisotopic (exact) mass is 312 g/mol. The summed E-state index contributed by atoms with van der Waals surface area (Å²) < 4.78 is 26.9. The van der Waals surface area contributed by atoms with Crippen LogP contribution in [0.1, 0.15) is 17.2 Å². The van der Waals surface area contributed by atoms with Crippen LogP contribution in [0, 0.1) is 11.6 Å². The maximum atomic E-state index is 13.3. The Morgan fingerprint density at radius 2 is 1.61 bits per heavy atom. The van der Waals surface area contributed by atoms with Gasteiger partial charge in [-0.1, -0.05) is 28.1 Å². The van der Waals surface area contributed by atoms with E-state index in [1.807, 2.05) is 0 Å². The highest BCUT2D eigenvalue weighted by Crippen LogP contribution is 2.28. The van der Waals surface area contributed by atoms with Crippen molar-refractivity contribution in [2.24, 2.45) is 5.84 Å². The van der Waals surface area contributed by atoms with Crippen molar-refractivity contribution in [3.05, 3.63) is 69.7 Å². The van der Waals surface area contributed by atoms with E-state index in [1.165, 1.54) is 24.3 Å². The lowest BCUT2D eigenvalue weighted by Crippen LogP contribution is -2.29. The number of rotatable bonds is 3. The van der Waals surface area contributed by atoms with E-state index in [4.69, 9.17) is 5.84 Å². The molecule has 2 nitrogen and oxygen atoms in total. The lowest BCUT2D eigenvalue weighted by molar-refractivity contribution is 0.599. The second-order valence-electron chi connectivity index (χ2n) is 3.82. The zero-order valence-corrected chi connectivity index (χ0v) is 10.9. The van der Waals surface area contributed by atoms with Crippen LogP contribution in [0.15, 0.2) is 46.9 Å². The number of hydrogen-bond donors (Lipinski definition) is 2. The van der Waals surface area contributed by atoms with E-state index in [2.05, 4.69) is 21.4 Å². The van der Waals surface area contributed by atoms with Gasteiger partial charge in [-0.2, -0.15) is 0 Å². The molecule has 0 amide bonds. The third-order valence-corrected chi connectivity index (χ3v) is 3.36. The highest BCUT2D eigenvalue weighted by molar-refractivity contribution is 9.10. The molecular formula is C13H11BrF2N2. The van der Waals surface area contributed by atoms with E-state index in [1.54, 1.807) is 18.2 Å². The fourth-order valence-electron chi connectivity index (χ4n) is 1.76. The molecule has 0 radical (unpaired) electrons. The zero-order valence-electron chi connectivity index (χ0n) is 9.33. The Labute approximate surface area is 112 Å². The molecule has 0 spiro atoms. The molecule has 94 valence electrons. The number of halogens is 3. The number of nitrogens with two attached hydrogens (primary N) is 1. The summed E-state index contributed by atoms with van der Waals surface area (Å²) in [6.07, 6.45) is 0. The van der Waals surface area contributed by atoms with Crippen molar-refractivity contribution >= 4 is 15.9 Å². The van der Waals surface area contributed by atoms with Crippen LogP contribution in [0.25, 0.3) is 0 Å². The number of hydrazine groups is 1. The van der Waals surface area contributed by atoms with Gasteiger partial charge in [-0.3, -0.25) is 5.84 Å². The third kappa shape index (κ3) is 2.75. The molecule has 0 aliphatic rings. The van der Waals surface area contributed by atoms with Crippen molar-refractivity contribution in [2.75, 3.05) is 0 Å². The smallest absolute Gasteiger partial charge is 0.123 e. The average Bonchev–Trinajstić information content (AvgIpc) is 2.37. The normalized spacial score (nSPS) is 12.4. The first-order valence-corrected chi connectivity index (χ1v) is 6.07. The van der Waals surface area contributed by atoms with E-state index >= 15 is 0 Å². The first kappa shape index (κ1) is 13.1. The molecule has 5 heteroatoms. The summed E-state index contributed by atoms with van der Waals surface area (Å²) in [5.74, 6) is 4.83. The van der Waals surface area contributed by atoms with Crippen LogP contribution in [-0.4, -0.2) is 0 Å². The van der Waals surface area contributed by atoms with E-state index in [9.17, 15) is 8.78 Å². The van der Waals surface area contributed by atoms with Gasteiger partial charge in [0.25, 0.3) is 0 Å². The van der Waals surface area contributed by atoms with Gasteiger partial charge in [-0.15, -0.1) is 0 Å². The van der Waals surface area contributed by atoms with Crippen LogP contribution in [-0.2, 0) is 0 Å². The van der Waals surface area contributed by atoms with Gasteiger partial charge in [-0.05, 0) is 41.5 Å². The summed E-state index contributed by atoms with van der Waals surface area (Å²) in [4.78, 5) is 0. The highest BCUT2D eigenvalue weighted by atomic mass is 79.9. The molecular weight excluding hydrogens is 302 g/mol. The van der Waals surface area contributed by atoms with Crippen LogP contribution in [0.3, 0.4) is 0 Å². The van der Waals surface area contributed by atoms with Crippen LogP contribution in [0.4, 0.5) is 8.78 Å². The van der Waals surface area contributed by atoms with Gasteiger partial charge in [-0.25, -0.2) is 14.2 Å². The SMILES string of the molecule is NNC(c1ccc(F)cc1)c1cc(F)ccc1Br. The molecule has 0 aromatic heterocycles. The number of benzene rings is 2. The molecule has 3 N–H and O–H groups in total. The average molecular weight is 313 g/mol. The Hall–Kier alpha value is -1.30. The topological polar surface area (TPSA) is 38.0 Å². The van der Waals surface area contributed by atoms with E-state index in [0.717, 1.165) is 10.0 Å². The van der Waals surface area contributed by atoms with Crippen LogP contribution in [0.2, 0.25) is 0 Å². The van der Waals surface area contributed by atoms with Crippen molar-refractivity contribution in [1.29, 1.82) is 0 Å². The Kier molecular flexibility index (Phi) is 4.06. The largest absolute Gasteiger partial charge is 0.271 e. The summed E-state index contributed by atoms with van der Waals surface area (Å²) in [5.41, 5.74) is 4.01. The predicted octanol–water partition coefficient (Wildman–Crippen LogP) is 3.28. The quantitative estimate of drug-likeness (QED) is 0.674. The van der Waals surface area contributed by atoms with Gasteiger partial charge in [0.2, 0.25) is 0 Å². The molecule has 0 aliphatic heterocycles. The van der Waals surface area contributed by atoms with Gasteiger partial charge in [0.05, 0.1) is 6.04 Å². The third-order valence-electron chi connectivity index (χ3n) is 2.64. The molecule has 0 fully saturated rings. The molecule has 2 aromatic rings. The Balaban J connectivity index is 2.44. The summed E-state index contributed by atoms with van der Waals surface area (Å²) in [7, 11) is 0. The molecule has 1 unspecified atom stereocenters. The molecule has 0 aliphatic carbocycles.